The van der Waals surface area contributed by atoms with Gasteiger partial charge in [0.15, 0.2) is 11.7 Å². The minimum absolute atomic E-state index is 0.580. The molecule has 4 heterocycles. The highest BCUT2D eigenvalue weighted by atomic mass is 16.4. The molecule has 0 bridgehead atoms. The van der Waals surface area contributed by atoms with Crippen LogP contribution in [0.15, 0.2) is 47.1 Å². The van der Waals surface area contributed by atoms with Gasteiger partial charge in [0, 0.05) is 26.0 Å². The Balaban J connectivity index is 1.42. The largest absolute Gasteiger partial charge is 0.423 e. The molecule has 0 spiro atoms. The van der Waals surface area contributed by atoms with Gasteiger partial charge in [-0.15, -0.1) is 0 Å². The Morgan fingerprint density at radius 2 is 2.12 bits per heavy atom. The van der Waals surface area contributed by atoms with Crippen LogP contribution in [-0.2, 0) is 20.1 Å². The first-order valence-corrected chi connectivity index (χ1v) is 8.51. The fourth-order valence-electron chi connectivity index (χ4n) is 3.35. The van der Waals surface area contributed by atoms with Gasteiger partial charge in [-0.05, 0) is 18.2 Å². The highest BCUT2D eigenvalue weighted by molar-refractivity contribution is 5.74. The molecule has 1 aliphatic rings. The standard InChI is InChI=1S/C18H18N6O2/c1-22-7-6-19-17(22)16(25)14-10-12-11-23(8-9-24(12)21-14)18-20-13-4-2-3-5-15(13)26-18/h2-7,10,16,25H,8-9,11H2,1H3. The number of hydrogen-bond donors (Lipinski definition) is 1. The molecule has 0 radical (unpaired) electrons. The highest BCUT2D eigenvalue weighted by Crippen LogP contribution is 2.27. The first-order chi connectivity index (χ1) is 12.7. The van der Waals surface area contributed by atoms with E-state index in [1.807, 2.05) is 48.3 Å². The van der Waals surface area contributed by atoms with Crippen molar-refractivity contribution in [3.63, 3.8) is 0 Å². The summed E-state index contributed by atoms with van der Waals surface area (Å²) >= 11 is 0. The molecule has 0 saturated carbocycles. The van der Waals surface area contributed by atoms with Crippen LogP contribution in [0.1, 0.15) is 23.3 Å². The predicted molar refractivity (Wildman–Crippen MR) is 94.6 cm³/mol. The molecule has 1 aromatic carbocycles. The van der Waals surface area contributed by atoms with Crippen LogP contribution in [-0.4, -0.2) is 36.0 Å². The van der Waals surface area contributed by atoms with Crippen LogP contribution >= 0.6 is 0 Å². The second kappa shape index (κ2) is 5.70. The van der Waals surface area contributed by atoms with Crippen molar-refractivity contribution in [1.82, 2.24) is 24.3 Å². The maximum absolute atomic E-state index is 10.6. The third kappa shape index (κ3) is 2.38. The minimum Gasteiger partial charge on any atom is -0.423 e. The summed E-state index contributed by atoms with van der Waals surface area (Å²) in [5.74, 6) is 0.580. The molecule has 8 nitrogen and oxygen atoms in total. The zero-order valence-electron chi connectivity index (χ0n) is 14.3. The quantitative estimate of drug-likeness (QED) is 0.607. The predicted octanol–water partition coefficient (Wildman–Crippen LogP) is 1.86. The van der Waals surface area contributed by atoms with Crippen molar-refractivity contribution in [2.75, 3.05) is 11.4 Å². The SMILES string of the molecule is Cn1ccnc1C(O)c1cc2n(n1)CCN(c1nc3ccccc3o1)C2. The van der Waals surface area contributed by atoms with Crippen molar-refractivity contribution < 1.29 is 9.52 Å². The number of aryl methyl sites for hydroxylation is 1. The Morgan fingerprint density at radius 1 is 1.23 bits per heavy atom. The molecule has 3 aromatic heterocycles. The average molecular weight is 350 g/mol. The van der Waals surface area contributed by atoms with E-state index in [-0.39, 0.29) is 0 Å². The summed E-state index contributed by atoms with van der Waals surface area (Å²) in [7, 11) is 1.86. The summed E-state index contributed by atoms with van der Waals surface area (Å²) in [6.07, 6.45) is 2.64. The maximum atomic E-state index is 10.6. The number of rotatable bonds is 3. The number of hydrogen-bond acceptors (Lipinski definition) is 6. The van der Waals surface area contributed by atoms with Crippen LogP contribution in [0.4, 0.5) is 6.01 Å². The average Bonchev–Trinajstić information content (AvgIpc) is 3.37. The van der Waals surface area contributed by atoms with E-state index in [1.54, 1.807) is 10.8 Å². The molecule has 1 N–H and O–H groups in total. The molecule has 0 saturated heterocycles. The number of aromatic nitrogens is 5. The molecule has 1 unspecified atom stereocenters. The van der Waals surface area contributed by atoms with Gasteiger partial charge in [0.05, 0.1) is 24.5 Å². The van der Waals surface area contributed by atoms with E-state index < -0.39 is 6.10 Å². The molecular formula is C18H18N6O2. The van der Waals surface area contributed by atoms with Crippen molar-refractivity contribution in [2.24, 2.45) is 7.05 Å². The normalized spacial score (nSPS) is 15.4. The lowest BCUT2D eigenvalue weighted by atomic mass is 10.2. The summed E-state index contributed by atoms with van der Waals surface area (Å²) in [5.41, 5.74) is 3.26. The van der Waals surface area contributed by atoms with Crippen LogP contribution in [0.5, 0.6) is 0 Å². The Hall–Kier alpha value is -3.13. The van der Waals surface area contributed by atoms with Gasteiger partial charge in [0.25, 0.3) is 6.01 Å². The number of para-hydroxylation sites is 2. The second-order valence-electron chi connectivity index (χ2n) is 6.47. The number of aliphatic hydroxyl groups is 1. The summed E-state index contributed by atoms with van der Waals surface area (Å²) in [4.78, 5) is 10.9. The van der Waals surface area contributed by atoms with Crippen molar-refractivity contribution in [3.8, 4) is 0 Å². The summed E-state index contributed by atoms with van der Waals surface area (Å²) < 4.78 is 9.60. The molecule has 1 atom stereocenters. The van der Waals surface area contributed by atoms with Gasteiger partial charge in [-0.1, -0.05) is 12.1 Å². The van der Waals surface area contributed by atoms with Crippen LogP contribution < -0.4 is 4.90 Å². The number of anilines is 1. The summed E-state index contributed by atoms with van der Waals surface area (Å²) in [6, 6.07) is 10.3. The first kappa shape index (κ1) is 15.2. The fourth-order valence-corrected chi connectivity index (χ4v) is 3.35. The third-order valence-corrected chi connectivity index (χ3v) is 4.75. The van der Waals surface area contributed by atoms with E-state index in [0.717, 1.165) is 23.3 Å². The third-order valence-electron chi connectivity index (χ3n) is 4.75. The number of fused-ring (bicyclic) bond motifs is 2. The van der Waals surface area contributed by atoms with Gasteiger partial charge in [-0.2, -0.15) is 10.1 Å². The lowest BCUT2D eigenvalue weighted by Crippen LogP contribution is -2.33. The first-order valence-electron chi connectivity index (χ1n) is 8.51. The molecule has 26 heavy (non-hydrogen) atoms. The van der Waals surface area contributed by atoms with Gasteiger partial charge in [-0.3, -0.25) is 4.68 Å². The lowest BCUT2D eigenvalue weighted by molar-refractivity contribution is 0.200. The lowest BCUT2D eigenvalue weighted by Gasteiger charge is -2.25. The Kier molecular flexibility index (Phi) is 3.32. The molecule has 0 amide bonds. The molecule has 5 rings (SSSR count). The molecule has 132 valence electrons. The van der Waals surface area contributed by atoms with E-state index in [0.29, 0.717) is 30.6 Å². The zero-order chi connectivity index (χ0) is 17.7. The van der Waals surface area contributed by atoms with Gasteiger partial charge in [0.2, 0.25) is 0 Å². The highest BCUT2D eigenvalue weighted by Gasteiger charge is 2.25. The molecule has 0 fully saturated rings. The minimum atomic E-state index is -0.842. The number of aliphatic hydroxyl groups excluding tert-OH is 1. The van der Waals surface area contributed by atoms with E-state index in [4.69, 9.17) is 4.42 Å². The van der Waals surface area contributed by atoms with Gasteiger partial charge >= 0.3 is 0 Å². The van der Waals surface area contributed by atoms with E-state index in [9.17, 15) is 5.11 Å². The number of benzene rings is 1. The van der Waals surface area contributed by atoms with Crippen LogP contribution in [0.25, 0.3) is 11.1 Å². The fraction of sp³-hybridized carbons (Fsp3) is 0.278. The van der Waals surface area contributed by atoms with Gasteiger partial charge in [-0.25, -0.2) is 4.98 Å². The summed E-state index contributed by atoms with van der Waals surface area (Å²) in [6.45, 7) is 2.09. The van der Waals surface area contributed by atoms with Gasteiger partial charge in [0.1, 0.15) is 11.3 Å². The van der Waals surface area contributed by atoms with Crippen molar-refractivity contribution in [1.29, 1.82) is 0 Å². The molecule has 0 aliphatic carbocycles. The monoisotopic (exact) mass is 350 g/mol. The number of imidazole rings is 1. The second-order valence-corrected chi connectivity index (χ2v) is 6.47. The smallest absolute Gasteiger partial charge is 0.298 e. The number of nitrogens with zero attached hydrogens (tertiary/aromatic N) is 6. The maximum Gasteiger partial charge on any atom is 0.298 e. The van der Waals surface area contributed by atoms with Crippen molar-refractivity contribution >= 4 is 17.1 Å². The molecule has 4 aromatic rings. The Bertz CT molecular complexity index is 1050. The molecule has 8 heteroatoms. The van der Waals surface area contributed by atoms with Crippen LogP contribution in [0.2, 0.25) is 0 Å². The topological polar surface area (TPSA) is 85.1 Å². The Labute approximate surface area is 149 Å². The van der Waals surface area contributed by atoms with E-state index in [1.165, 1.54) is 0 Å². The summed E-state index contributed by atoms with van der Waals surface area (Å²) in [5, 5.41) is 15.1. The van der Waals surface area contributed by atoms with E-state index >= 15 is 0 Å². The zero-order valence-corrected chi connectivity index (χ0v) is 14.3. The number of oxazole rings is 1. The Morgan fingerprint density at radius 3 is 2.92 bits per heavy atom. The van der Waals surface area contributed by atoms with Crippen LogP contribution in [0.3, 0.4) is 0 Å². The van der Waals surface area contributed by atoms with Crippen molar-refractivity contribution in [3.05, 3.63) is 59.9 Å². The van der Waals surface area contributed by atoms with E-state index in [2.05, 4.69) is 20.0 Å². The molecule has 1 aliphatic heterocycles. The van der Waals surface area contributed by atoms with Gasteiger partial charge < -0.3 is 19.0 Å². The van der Waals surface area contributed by atoms with Crippen molar-refractivity contribution in [2.45, 2.75) is 19.2 Å². The molecular weight excluding hydrogens is 332 g/mol. The van der Waals surface area contributed by atoms with Crippen LogP contribution in [0, 0.1) is 0 Å².